The monoisotopic (exact) mass is 248 g/mol. The van der Waals surface area contributed by atoms with Crippen LogP contribution in [0.1, 0.15) is 11.1 Å². The summed E-state index contributed by atoms with van der Waals surface area (Å²) in [6, 6.07) is 11.5. The molecule has 3 aromatic rings. The lowest BCUT2D eigenvalue weighted by molar-refractivity contribution is 1.27. The second-order valence-electron chi connectivity index (χ2n) is 4.24. The Labute approximate surface area is 110 Å². The second kappa shape index (κ2) is 4.90. The largest absolute Gasteiger partial charge is 0.328 e. The van der Waals surface area contributed by atoms with E-state index < -0.39 is 0 Å². The Morgan fingerprint density at radius 3 is 2.63 bits per heavy atom. The molecule has 0 spiro atoms. The highest BCUT2D eigenvalue weighted by molar-refractivity contribution is 5.91. The second-order valence-corrected chi connectivity index (χ2v) is 4.24. The van der Waals surface area contributed by atoms with Crippen molar-refractivity contribution < 1.29 is 0 Å². The number of pyridine rings is 2. The number of aromatic nitrogens is 2. The van der Waals surface area contributed by atoms with Crippen molar-refractivity contribution in [3.8, 4) is 0 Å². The molecular weight excluding hydrogens is 236 g/mol. The summed E-state index contributed by atoms with van der Waals surface area (Å²) in [6.45, 7) is 0. The number of H-pyrrole nitrogens is 1. The molecule has 0 saturated heterocycles. The van der Waals surface area contributed by atoms with E-state index in [0.29, 0.717) is 5.39 Å². The summed E-state index contributed by atoms with van der Waals surface area (Å²) in [5, 5.41) is 1.65. The molecular formula is C16H12N2O. The van der Waals surface area contributed by atoms with E-state index in [4.69, 9.17) is 0 Å². The van der Waals surface area contributed by atoms with E-state index in [9.17, 15) is 4.79 Å². The zero-order valence-corrected chi connectivity index (χ0v) is 10.2. The van der Waals surface area contributed by atoms with E-state index in [1.165, 1.54) is 0 Å². The number of nitrogens with zero attached hydrogens (tertiary/aromatic N) is 1. The van der Waals surface area contributed by atoms with Crippen LogP contribution in [0.4, 0.5) is 0 Å². The molecule has 0 atom stereocenters. The Hall–Kier alpha value is -2.68. The minimum absolute atomic E-state index is 0.0610. The maximum atomic E-state index is 11.7. The molecule has 2 heterocycles. The van der Waals surface area contributed by atoms with Crippen LogP contribution in [0.25, 0.3) is 22.9 Å². The normalized spacial score (nSPS) is 11.2. The first kappa shape index (κ1) is 11.4. The van der Waals surface area contributed by atoms with Crippen LogP contribution in [0.3, 0.4) is 0 Å². The number of benzene rings is 1. The quantitative estimate of drug-likeness (QED) is 0.757. The van der Waals surface area contributed by atoms with Crippen LogP contribution < -0.4 is 5.56 Å². The molecule has 1 N–H and O–H groups in total. The van der Waals surface area contributed by atoms with Gasteiger partial charge < -0.3 is 4.98 Å². The molecule has 0 fully saturated rings. The van der Waals surface area contributed by atoms with E-state index in [1.807, 2.05) is 48.6 Å². The molecule has 0 radical (unpaired) electrons. The van der Waals surface area contributed by atoms with Gasteiger partial charge in [0, 0.05) is 24.0 Å². The summed E-state index contributed by atoms with van der Waals surface area (Å²) >= 11 is 0. The van der Waals surface area contributed by atoms with Gasteiger partial charge in [-0.2, -0.15) is 0 Å². The minimum Gasteiger partial charge on any atom is -0.328 e. The summed E-state index contributed by atoms with van der Waals surface area (Å²) in [5.74, 6) is 0. The van der Waals surface area contributed by atoms with Crippen molar-refractivity contribution >= 4 is 22.9 Å². The molecule has 0 unspecified atom stereocenters. The van der Waals surface area contributed by atoms with Crippen molar-refractivity contribution in [2.24, 2.45) is 0 Å². The highest BCUT2D eigenvalue weighted by Gasteiger charge is 2.00. The highest BCUT2D eigenvalue weighted by atomic mass is 16.1. The lowest BCUT2D eigenvalue weighted by Crippen LogP contribution is -2.05. The Balaban J connectivity index is 2.09. The molecule has 1 aromatic carbocycles. The number of hydrogen-bond acceptors (Lipinski definition) is 2. The SMILES string of the molecule is O=c1[nH]cc(/C=C\c2cccnc2)c2ccccc12. The van der Waals surface area contributed by atoms with Crippen molar-refractivity contribution in [1.29, 1.82) is 0 Å². The van der Waals surface area contributed by atoms with Crippen LogP contribution in [0, 0.1) is 0 Å². The summed E-state index contributed by atoms with van der Waals surface area (Å²) in [7, 11) is 0. The van der Waals surface area contributed by atoms with Gasteiger partial charge in [-0.15, -0.1) is 0 Å². The summed E-state index contributed by atoms with van der Waals surface area (Å²) in [4.78, 5) is 18.5. The topological polar surface area (TPSA) is 45.8 Å². The van der Waals surface area contributed by atoms with Gasteiger partial charge in [-0.25, -0.2) is 0 Å². The van der Waals surface area contributed by atoms with Gasteiger partial charge >= 0.3 is 0 Å². The van der Waals surface area contributed by atoms with Crippen molar-refractivity contribution in [2.75, 3.05) is 0 Å². The van der Waals surface area contributed by atoms with Crippen LogP contribution in [0.15, 0.2) is 59.8 Å². The van der Waals surface area contributed by atoms with Gasteiger partial charge in [0.25, 0.3) is 5.56 Å². The van der Waals surface area contributed by atoms with Crippen LogP contribution in [0.2, 0.25) is 0 Å². The molecule has 92 valence electrons. The lowest BCUT2D eigenvalue weighted by atomic mass is 10.1. The maximum absolute atomic E-state index is 11.7. The van der Waals surface area contributed by atoms with Gasteiger partial charge in [-0.05, 0) is 28.6 Å². The van der Waals surface area contributed by atoms with E-state index in [2.05, 4.69) is 9.97 Å². The van der Waals surface area contributed by atoms with Crippen molar-refractivity contribution in [3.63, 3.8) is 0 Å². The standard InChI is InChI=1S/C16H12N2O/c19-16-15-6-2-1-5-14(15)13(11-18-16)8-7-12-4-3-9-17-10-12/h1-11H,(H,18,19)/b8-7-. The van der Waals surface area contributed by atoms with Crippen LogP contribution >= 0.6 is 0 Å². The van der Waals surface area contributed by atoms with Gasteiger partial charge in [-0.1, -0.05) is 36.4 Å². The number of fused-ring (bicyclic) bond motifs is 1. The summed E-state index contributed by atoms with van der Waals surface area (Å²) in [5.41, 5.74) is 1.95. The third-order valence-electron chi connectivity index (χ3n) is 2.98. The van der Waals surface area contributed by atoms with Crippen LogP contribution in [-0.2, 0) is 0 Å². The molecule has 0 saturated carbocycles. The number of aromatic amines is 1. The zero-order valence-electron chi connectivity index (χ0n) is 10.2. The smallest absolute Gasteiger partial charge is 0.255 e. The maximum Gasteiger partial charge on any atom is 0.255 e. The van der Waals surface area contributed by atoms with Gasteiger partial charge in [0.1, 0.15) is 0 Å². The molecule has 0 bridgehead atoms. The van der Waals surface area contributed by atoms with Crippen LogP contribution in [-0.4, -0.2) is 9.97 Å². The molecule has 2 aromatic heterocycles. The molecule has 0 aliphatic carbocycles. The first-order chi connectivity index (χ1) is 9.34. The third kappa shape index (κ3) is 2.31. The molecule has 19 heavy (non-hydrogen) atoms. The first-order valence-electron chi connectivity index (χ1n) is 6.03. The summed E-state index contributed by atoms with van der Waals surface area (Å²) < 4.78 is 0. The molecule has 0 aliphatic heterocycles. The lowest BCUT2D eigenvalue weighted by Gasteiger charge is -2.01. The van der Waals surface area contributed by atoms with Gasteiger partial charge in [0.2, 0.25) is 0 Å². The van der Waals surface area contributed by atoms with E-state index in [0.717, 1.165) is 16.5 Å². The predicted octanol–water partition coefficient (Wildman–Crippen LogP) is 3.09. The van der Waals surface area contributed by atoms with Crippen molar-refractivity contribution in [1.82, 2.24) is 9.97 Å². The molecule has 0 aliphatic rings. The fourth-order valence-corrected chi connectivity index (χ4v) is 2.03. The van der Waals surface area contributed by atoms with E-state index in [-0.39, 0.29) is 5.56 Å². The Bertz CT molecular complexity index is 788. The van der Waals surface area contributed by atoms with Gasteiger partial charge in [0.05, 0.1) is 0 Å². The molecule has 3 nitrogen and oxygen atoms in total. The fraction of sp³-hybridized carbons (Fsp3) is 0. The molecule has 0 amide bonds. The highest BCUT2D eigenvalue weighted by Crippen LogP contribution is 2.16. The van der Waals surface area contributed by atoms with Crippen molar-refractivity contribution in [3.05, 3.63) is 76.5 Å². The predicted molar refractivity (Wildman–Crippen MR) is 77.7 cm³/mol. The Morgan fingerprint density at radius 1 is 1.00 bits per heavy atom. The Morgan fingerprint density at radius 2 is 1.84 bits per heavy atom. The number of rotatable bonds is 2. The molecule has 3 rings (SSSR count). The van der Waals surface area contributed by atoms with E-state index in [1.54, 1.807) is 18.6 Å². The number of nitrogens with one attached hydrogen (secondary N) is 1. The third-order valence-corrected chi connectivity index (χ3v) is 2.98. The van der Waals surface area contributed by atoms with E-state index >= 15 is 0 Å². The Kier molecular flexibility index (Phi) is 2.94. The van der Waals surface area contributed by atoms with Gasteiger partial charge in [-0.3, -0.25) is 9.78 Å². The van der Waals surface area contributed by atoms with Gasteiger partial charge in [0.15, 0.2) is 0 Å². The average Bonchev–Trinajstić information content (AvgIpc) is 2.48. The van der Waals surface area contributed by atoms with Crippen molar-refractivity contribution in [2.45, 2.75) is 0 Å². The van der Waals surface area contributed by atoms with Crippen LogP contribution in [0.5, 0.6) is 0 Å². The minimum atomic E-state index is -0.0610. The zero-order chi connectivity index (χ0) is 13.1. The first-order valence-corrected chi connectivity index (χ1v) is 6.03. The molecule has 3 heteroatoms. The fourth-order valence-electron chi connectivity index (χ4n) is 2.03. The summed E-state index contributed by atoms with van der Waals surface area (Å²) in [6.07, 6.45) is 9.23. The number of hydrogen-bond donors (Lipinski definition) is 1. The average molecular weight is 248 g/mol.